The van der Waals surface area contributed by atoms with E-state index >= 15 is 0 Å². The van der Waals surface area contributed by atoms with Crippen LogP contribution in [0.4, 0.5) is 5.69 Å². The maximum absolute atomic E-state index is 12.0. The van der Waals surface area contributed by atoms with Crippen molar-refractivity contribution < 1.29 is 4.79 Å². The first-order valence-electron chi connectivity index (χ1n) is 6.99. The summed E-state index contributed by atoms with van der Waals surface area (Å²) in [7, 11) is 0. The first-order valence-corrected chi connectivity index (χ1v) is 6.99. The van der Waals surface area contributed by atoms with Gasteiger partial charge in [0.25, 0.3) is 0 Å². The zero-order valence-corrected chi connectivity index (χ0v) is 11.9. The van der Waals surface area contributed by atoms with E-state index in [1.54, 1.807) is 12.4 Å². The van der Waals surface area contributed by atoms with E-state index in [4.69, 9.17) is 0 Å². The lowest BCUT2D eigenvalue weighted by atomic mass is 10.1. The lowest BCUT2D eigenvalue weighted by molar-refractivity contribution is -0.116. The number of carbonyl (C=O) groups excluding carboxylic acids is 1. The first-order chi connectivity index (χ1) is 10.2. The Bertz CT molecular complexity index is 762. The highest BCUT2D eigenvalue weighted by Crippen LogP contribution is 2.20. The number of amides is 1. The number of nitrogens with zero attached hydrogens (tertiary/aromatic N) is 1. The highest BCUT2D eigenvalue weighted by Gasteiger charge is 2.05. The number of aryl methyl sites for hydroxylation is 2. The Kier molecular flexibility index (Phi) is 3.69. The number of benzene rings is 1. The number of carbonyl (C=O) groups is 1. The van der Waals surface area contributed by atoms with Crippen LogP contribution in [0.5, 0.6) is 0 Å². The van der Waals surface area contributed by atoms with Crippen molar-refractivity contribution in [1.82, 2.24) is 9.97 Å². The summed E-state index contributed by atoms with van der Waals surface area (Å²) in [4.78, 5) is 19.2. The zero-order chi connectivity index (χ0) is 14.7. The van der Waals surface area contributed by atoms with Gasteiger partial charge in [-0.15, -0.1) is 0 Å². The number of H-pyrrole nitrogens is 1. The molecule has 21 heavy (non-hydrogen) atoms. The molecule has 3 aromatic rings. The van der Waals surface area contributed by atoms with Crippen molar-refractivity contribution in [3.8, 4) is 0 Å². The molecule has 0 aliphatic rings. The van der Waals surface area contributed by atoms with Crippen molar-refractivity contribution in [3.05, 3.63) is 60.0 Å². The summed E-state index contributed by atoms with van der Waals surface area (Å²) in [6.07, 6.45) is 4.68. The van der Waals surface area contributed by atoms with Crippen LogP contribution in [-0.4, -0.2) is 15.9 Å². The first kappa shape index (κ1) is 13.4. The zero-order valence-electron chi connectivity index (χ0n) is 11.9. The van der Waals surface area contributed by atoms with Gasteiger partial charge in [-0.2, -0.15) is 0 Å². The van der Waals surface area contributed by atoms with E-state index in [1.165, 1.54) is 0 Å². The average molecular weight is 279 g/mol. The van der Waals surface area contributed by atoms with Gasteiger partial charge in [-0.3, -0.25) is 9.78 Å². The molecular weight excluding hydrogens is 262 g/mol. The summed E-state index contributed by atoms with van der Waals surface area (Å²) in [5, 5.41) is 4.06. The highest BCUT2D eigenvalue weighted by atomic mass is 16.1. The van der Waals surface area contributed by atoms with Crippen LogP contribution in [0.3, 0.4) is 0 Å². The Hall–Kier alpha value is -2.62. The summed E-state index contributed by atoms with van der Waals surface area (Å²) >= 11 is 0. The second kappa shape index (κ2) is 5.79. The van der Waals surface area contributed by atoms with Crippen LogP contribution < -0.4 is 5.32 Å². The Balaban J connectivity index is 1.63. The van der Waals surface area contributed by atoms with E-state index in [9.17, 15) is 4.79 Å². The smallest absolute Gasteiger partial charge is 0.224 e. The number of hydrogen-bond donors (Lipinski definition) is 2. The van der Waals surface area contributed by atoms with E-state index in [2.05, 4.69) is 21.4 Å². The number of nitrogens with one attached hydrogen (secondary N) is 2. The average Bonchev–Trinajstić information content (AvgIpc) is 2.85. The van der Waals surface area contributed by atoms with Gasteiger partial charge in [-0.1, -0.05) is 0 Å². The molecule has 1 aromatic carbocycles. The molecule has 2 heterocycles. The third kappa shape index (κ3) is 3.28. The molecule has 0 saturated heterocycles. The van der Waals surface area contributed by atoms with Crippen molar-refractivity contribution in [1.29, 1.82) is 0 Å². The van der Waals surface area contributed by atoms with E-state index in [-0.39, 0.29) is 5.91 Å². The molecule has 0 atom stereocenters. The van der Waals surface area contributed by atoms with Gasteiger partial charge in [0.1, 0.15) is 0 Å². The molecule has 0 bridgehead atoms. The van der Waals surface area contributed by atoms with Crippen LogP contribution in [0.15, 0.2) is 48.8 Å². The molecule has 4 heteroatoms. The number of rotatable bonds is 4. The topological polar surface area (TPSA) is 57.8 Å². The van der Waals surface area contributed by atoms with E-state index < -0.39 is 0 Å². The molecule has 106 valence electrons. The standard InChI is InChI=1S/C17H17N3O/c1-12-10-14-11-15(3-4-16(14)19-12)20-17(21)5-2-13-6-8-18-9-7-13/h3-4,6-11,19H,2,5H2,1H3,(H,20,21). The number of hydrogen-bond acceptors (Lipinski definition) is 2. The van der Waals surface area contributed by atoms with Crippen molar-refractivity contribution in [2.24, 2.45) is 0 Å². The van der Waals surface area contributed by atoms with Gasteiger partial charge < -0.3 is 10.3 Å². The lowest BCUT2D eigenvalue weighted by Gasteiger charge is -2.05. The predicted molar refractivity (Wildman–Crippen MR) is 84.2 cm³/mol. The number of aromatic amines is 1. The van der Waals surface area contributed by atoms with Crippen LogP contribution in [-0.2, 0) is 11.2 Å². The van der Waals surface area contributed by atoms with Gasteiger partial charge >= 0.3 is 0 Å². The molecule has 0 saturated carbocycles. The third-order valence-corrected chi connectivity index (χ3v) is 3.43. The highest BCUT2D eigenvalue weighted by molar-refractivity contribution is 5.94. The Morgan fingerprint density at radius 2 is 2.00 bits per heavy atom. The van der Waals surface area contributed by atoms with Crippen LogP contribution in [0.2, 0.25) is 0 Å². The number of fused-ring (bicyclic) bond motifs is 1. The van der Waals surface area contributed by atoms with Gasteiger partial charge in [0.2, 0.25) is 5.91 Å². The molecule has 0 aliphatic carbocycles. The van der Waals surface area contributed by atoms with E-state index in [1.807, 2.05) is 37.3 Å². The summed E-state index contributed by atoms with van der Waals surface area (Å²) in [6, 6.07) is 11.8. The minimum atomic E-state index is 0.0263. The largest absolute Gasteiger partial charge is 0.359 e. The van der Waals surface area contributed by atoms with E-state index in [0.717, 1.165) is 34.3 Å². The quantitative estimate of drug-likeness (QED) is 0.768. The predicted octanol–water partition coefficient (Wildman–Crippen LogP) is 3.44. The van der Waals surface area contributed by atoms with Crippen LogP contribution in [0.25, 0.3) is 10.9 Å². The number of anilines is 1. The summed E-state index contributed by atoms with van der Waals surface area (Å²) in [5.41, 5.74) is 4.16. The Morgan fingerprint density at radius 1 is 1.19 bits per heavy atom. The molecule has 0 unspecified atom stereocenters. The lowest BCUT2D eigenvalue weighted by Crippen LogP contribution is -2.12. The number of aromatic nitrogens is 2. The molecule has 4 nitrogen and oxygen atoms in total. The molecule has 3 rings (SSSR count). The van der Waals surface area contributed by atoms with Gasteiger partial charge in [-0.05, 0) is 55.3 Å². The van der Waals surface area contributed by atoms with Crippen LogP contribution >= 0.6 is 0 Å². The normalized spacial score (nSPS) is 10.7. The summed E-state index contributed by atoms with van der Waals surface area (Å²) in [5.74, 6) is 0.0263. The molecule has 2 aromatic heterocycles. The molecule has 0 aliphatic heterocycles. The second-order valence-electron chi connectivity index (χ2n) is 5.16. The Morgan fingerprint density at radius 3 is 2.81 bits per heavy atom. The van der Waals surface area contributed by atoms with Crippen molar-refractivity contribution in [3.63, 3.8) is 0 Å². The fourth-order valence-electron chi connectivity index (χ4n) is 2.39. The van der Waals surface area contributed by atoms with Crippen molar-refractivity contribution >= 4 is 22.5 Å². The third-order valence-electron chi connectivity index (χ3n) is 3.43. The van der Waals surface area contributed by atoms with Crippen molar-refractivity contribution in [2.75, 3.05) is 5.32 Å². The van der Waals surface area contributed by atoms with Crippen LogP contribution in [0, 0.1) is 6.92 Å². The number of pyridine rings is 1. The fourth-order valence-corrected chi connectivity index (χ4v) is 2.39. The van der Waals surface area contributed by atoms with E-state index in [0.29, 0.717) is 6.42 Å². The van der Waals surface area contributed by atoms with Crippen LogP contribution in [0.1, 0.15) is 17.7 Å². The molecule has 0 radical (unpaired) electrons. The van der Waals surface area contributed by atoms with Crippen molar-refractivity contribution in [2.45, 2.75) is 19.8 Å². The van der Waals surface area contributed by atoms with Gasteiger partial charge in [0.05, 0.1) is 0 Å². The monoisotopic (exact) mass is 279 g/mol. The Labute approximate surface area is 123 Å². The molecule has 2 N–H and O–H groups in total. The molecular formula is C17H17N3O. The summed E-state index contributed by atoms with van der Waals surface area (Å²) < 4.78 is 0. The van der Waals surface area contributed by atoms with Gasteiger partial charge in [0, 0.05) is 41.1 Å². The second-order valence-corrected chi connectivity index (χ2v) is 5.16. The summed E-state index contributed by atoms with van der Waals surface area (Å²) in [6.45, 7) is 2.02. The fraction of sp³-hybridized carbons (Fsp3) is 0.176. The SMILES string of the molecule is Cc1cc2cc(NC(=O)CCc3ccncc3)ccc2[nH]1. The maximum atomic E-state index is 12.0. The van der Waals surface area contributed by atoms with Gasteiger partial charge in [-0.25, -0.2) is 0 Å². The maximum Gasteiger partial charge on any atom is 0.224 e. The minimum Gasteiger partial charge on any atom is -0.359 e. The molecule has 0 fully saturated rings. The van der Waals surface area contributed by atoms with Gasteiger partial charge in [0.15, 0.2) is 0 Å². The molecule has 1 amide bonds. The minimum absolute atomic E-state index is 0.0263. The molecule has 0 spiro atoms.